The molecule has 0 radical (unpaired) electrons. The van der Waals surface area contributed by atoms with E-state index in [9.17, 15) is 14.4 Å². The maximum atomic E-state index is 12.9. The summed E-state index contributed by atoms with van der Waals surface area (Å²) in [7, 11) is 0. The summed E-state index contributed by atoms with van der Waals surface area (Å²) in [5.74, 6) is -0.641. The Morgan fingerprint density at radius 3 is 2.53 bits per heavy atom. The molecular formula is C24H22N4O3S. The molecule has 2 aromatic heterocycles. The van der Waals surface area contributed by atoms with Crippen LogP contribution in [0.1, 0.15) is 40.6 Å². The van der Waals surface area contributed by atoms with E-state index in [2.05, 4.69) is 15.6 Å². The highest BCUT2D eigenvalue weighted by Gasteiger charge is 2.16. The van der Waals surface area contributed by atoms with Gasteiger partial charge in [0.1, 0.15) is 5.56 Å². The fourth-order valence-corrected chi connectivity index (χ4v) is 4.26. The molecule has 2 N–H and O–H groups in total. The van der Waals surface area contributed by atoms with E-state index in [0.29, 0.717) is 29.2 Å². The number of nitrogens with zero attached hydrogens (tertiary/aromatic N) is 2. The first-order valence-electron chi connectivity index (χ1n) is 10.3. The number of rotatable bonds is 7. The number of fused-ring (bicyclic) bond motifs is 1. The number of nitrogens with one attached hydrogen (secondary N) is 2. The summed E-state index contributed by atoms with van der Waals surface area (Å²) < 4.78 is 1.42. The second-order valence-corrected chi connectivity index (χ2v) is 8.42. The monoisotopic (exact) mass is 446 g/mol. The zero-order valence-electron chi connectivity index (χ0n) is 17.5. The molecule has 0 unspecified atom stereocenters. The Bertz CT molecular complexity index is 1330. The van der Waals surface area contributed by atoms with Gasteiger partial charge >= 0.3 is 0 Å². The number of amides is 2. The predicted molar refractivity (Wildman–Crippen MR) is 127 cm³/mol. The van der Waals surface area contributed by atoms with Crippen LogP contribution < -0.4 is 16.2 Å². The van der Waals surface area contributed by atoms with Crippen molar-refractivity contribution < 1.29 is 9.59 Å². The number of anilines is 2. The van der Waals surface area contributed by atoms with Crippen molar-refractivity contribution in [3.63, 3.8) is 0 Å². The quantitative estimate of drug-likeness (QED) is 0.442. The molecular weight excluding hydrogens is 424 g/mol. The van der Waals surface area contributed by atoms with E-state index >= 15 is 0 Å². The van der Waals surface area contributed by atoms with Crippen molar-refractivity contribution in [1.82, 2.24) is 9.38 Å². The predicted octanol–water partition coefficient (Wildman–Crippen LogP) is 4.34. The van der Waals surface area contributed by atoms with Crippen LogP contribution in [-0.4, -0.2) is 21.2 Å². The first-order valence-corrected chi connectivity index (χ1v) is 11.1. The van der Waals surface area contributed by atoms with Gasteiger partial charge in [0.25, 0.3) is 11.5 Å². The highest BCUT2D eigenvalue weighted by Crippen LogP contribution is 2.19. The lowest BCUT2D eigenvalue weighted by Crippen LogP contribution is -2.25. The minimum atomic E-state index is -0.551. The van der Waals surface area contributed by atoms with Gasteiger partial charge < -0.3 is 10.6 Å². The molecule has 0 fully saturated rings. The normalized spacial score (nSPS) is 10.8. The lowest BCUT2D eigenvalue weighted by molar-refractivity contribution is -0.116. The maximum Gasteiger partial charge on any atom is 0.271 e. The second kappa shape index (κ2) is 9.57. The summed E-state index contributed by atoms with van der Waals surface area (Å²) in [6.45, 7) is 1.93. The SMILES string of the molecule is CCCC(=O)Nc1cccc(NC(=O)c2cnc3sc(Cc4ccccc4)cn3c2=O)c1. The Morgan fingerprint density at radius 1 is 1.03 bits per heavy atom. The van der Waals surface area contributed by atoms with Crippen LogP contribution in [0.15, 0.2) is 71.8 Å². The largest absolute Gasteiger partial charge is 0.326 e. The number of carbonyl (C=O) groups is 2. The average molecular weight is 447 g/mol. The average Bonchev–Trinajstić information content (AvgIpc) is 3.18. The van der Waals surface area contributed by atoms with Gasteiger partial charge in [-0.2, -0.15) is 0 Å². The van der Waals surface area contributed by atoms with E-state index in [-0.39, 0.29) is 11.5 Å². The lowest BCUT2D eigenvalue weighted by Gasteiger charge is -2.08. The molecule has 2 amide bonds. The molecule has 0 aliphatic carbocycles. The van der Waals surface area contributed by atoms with Gasteiger partial charge in [0, 0.05) is 41.5 Å². The molecule has 0 aliphatic rings. The van der Waals surface area contributed by atoms with E-state index in [1.54, 1.807) is 30.5 Å². The first kappa shape index (κ1) is 21.5. The molecule has 0 aliphatic heterocycles. The van der Waals surface area contributed by atoms with Crippen molar-refractivity contribution in [3.05, 3.63) is 93.3 Å². The van der Waals surface area contributed by atoms with E-state index in [1.165, 1.54) is 21.9 Å². The fraction of sp³-hybridized carbons (Fsp3) is 0.167. The number of hydrogen-bond acceptors (Lipinski definition) is 5. The second-order valence-electron chi connectivity index (χ2n) is 7.32. The van der Waals surface area contributed by atoms with Gasteiger partial charge in [0.2, 0.25) is 5.91 Å². The van der Waals surface area contributed by atoms with Crippen LogP contribution in [0.5, 0.6) is 0 Å². The third-order valence-electron chi connectivity index (χ3n) is 4.80. The van der Waals surface area contributed by atoms with Gasteiger partial charge in [-0.3, -0.25) is 18.8 Å². The van der Waals surface area contributed by atoms with Crippen LogP contribution in [0.3, 0.4) is 0 Å². The minimum absolute atomic E-state index is 0.0491. The van der Waals surface area contributed by atoms with Crippen molar-refractivity contribution in [2.75, 3.05) is 10.6 Å². The van der Waals surface area contributed by atoms with Gasteiger partial charge in [0.15, 0.2) is 4.96 Å². The smallest absolute Gasteiger partial charge is 0.271 e. The van der Waals surface area contributed by atoms with Crippen LogP contribution >= 0.6 is 11.3 Å². The summed E-state index contributed by atoms with van der Waals surface area (Å²) in [5, 5.41) is 5.50. The molecule has 0 bridgehead atoms. The van der Waals surface area contributed by atoms with E-state index in [1.807, 2.05) is 37.3 Å². The molecule has 8 heteroatoms. The third kappa shape index (κ3) is 4.92. The standard InChI is InChI=1S/C24H22N4O3S/c1-2-7-21(29)26-17-10-6-11-18(13-17)27-22(30)20-14-25-24-28(23(20)31)15-19(32-24)12-16-8-4-3-5-9-16/h3-6,8-11,13-15H,2,7,12H2,1H3,(H,26,29)(H,27,30). The highest BCUT2D eigenvalue weighted by atomic mass is 32.1. The number of carbonyl (C=O) groups excluding carboxylic acids is 2. The summed E-state index contributed by atoms with van der Waals surface area (Å²) in [6, 6.07) is 16.8. The van der Waals surface area contributed by atoms with Gasteiger partial charge in [-0.1, -0.05) is 43.3 Å². The first-order chi connectivity index (χ1) is 15.5. The van der Waals surface area contributed by atoms with Crippen molar-refractivity contribution in [2.24, 2.45) is 0 Å². The van der Waals surface area contributed by atoms with E-state index in [4.69, 9.17) is 0 Å². The Labute approximate surface area is 188 Å². The number of hydrogen-bond donors (Lipinski definition) is 2. The Balaban J connectivity index is 1.53. The third-order valence-corrected chi connectivity index (χ3v) is 5.80. The zero-order valence-corrected chi connectivity index (χ0v) is 18.3. The van der Waals surface area contributed by atoms with Crippen LogP contribution in [0, 0.1) is 0 Å². The molecule has 2 aromatic carbocycles. The van der Waals surface area contributed by atoms with Gasteiger partial charge in [-0.05, 0) is 30.2 Å². The van der Waals surface area contributed by atoms with Crippen molar-refractivity contribution in [3.8, 4) is 0 Å². The van der Waals surface area contributed by atoms with E-state index < -0.39 is 11.5 Å². The number of thiazole rings is 1. The van der Waals surface area contributed by atoms with Gasteiger partial charge in [-0.25, -0.2) is 4.98 Å². The summed E-state index contributed by atoms with van der Waals surface area (Å²) >= 11 is 1.42. The Hall–Kier alpha value is -3.78. The van der Waals surface area contributed by atoms with Crippen LogP contribution in [0.4, 0.5) is 11.4 Å². The maximum absolute atomic E-state index is 12.9. The molecule has 4 aromatic rings. The molecule has 4 rings (SSSR count). The molecule has 0 spiro atoms. The number of benzene rings is 2. The van der Waals surface area contributed by atoms with Crippen LogP contribution in [0.25, 0.3) is 4.96 Å². The zero-order chi connectivity index (χ0) is 22.5. The van der Waals surface area contributed by atoms with Crippen molar-refractivity contribution >= 4 is 39.5 Å². The molecule has 7 nitrogen and oxygen atoms in total. The number of aromatic nitrogens is 2. The summed E-state index contributed by atoms with van der Waals surface area (Å²) in [4.78, 5) is 43.3. The summed E-state index contributed by atoms with van der Waals surface area (Å²) in [6.07, 6.45) is 4.90. The van der Waals surface area contributed by atoms with Gasteiger partial charge in [0.05, 0.1) is 0 Å². The van der Waals surface area contributed by atoms with Crippen LogP contribution in [0.2, 0.25) is 0 Å². The molecule has 0 saturated heterocycles. The van der Waals surface area contributed by atoms with Crippen LogP contribution in [-0.2, 0) is 11.2 Å². The lowest BCUT2D eigenvalue weighted by atomic mass is 10.1. The Kier molecular flexibility index (Phi) is 6.42. The van der Waals surface area contributed by atoms with E-state index in [0.717, 1.165) is 16.9 Å². The fourth-order valence-electron chi connectivity index (χ4n) is 3.29. The summed E-state index contributed by atoms with van der Waals surface area (Å²) in [5.41, 5.74) is 1.72. The molecule has 32 heavy (non-hydrogen) atoms. The highest BCUT2D eigenvalue weighted by molar-refractivity contribution is 7.17. The molecule has 0 atom stereocenters. The van der Waals surface area contributed by atoms with Gasteiger partial charge in [-0.15, -0.1) is 11.3 Å². The van der Waals surface area contributed by atoms with Crippen molar-refractivity contribution in [2.45, 2.75) is 26.2 Å². The molecule has 162 valence electrons. The topological polar surface area (TPSA) is 92.6 Å². The Morgan fingerprint density at radius 2 is 1.78 bits per heavy atom. The molecule has 0 saturated carbocycles. The minimum Gasteiger partial charge on any atom is -0.326 e. The molecule has 2 heterocycles. The van der Waals surface area contributed by atoms with Crippen molar-refractivity contribution in [1.29, 1.82) is 0 Å².